The summed E-state index contributed by atoms with van der Waals surface area (Å²) >= 11 is 2.73. The predicted molar refractivity (Wildman–Crippen MR) is 155 cm³/mol. The molecule has 5 aromatic rings. The second-order valence-corrected chi connectivity index (χ2v) is 10.8. The molecule has 0 radical (unpaired) electrons. The summed E-state index contributed by atoms with van der Waals surface area (Å²) in [5.74, 6) is 0.391. The molecular weight excluding hydrogens is 529 g/mol. The zero-order chi connectivity index (χ0) is 27.0. The van der Waals surface area contributed by atoms with E-state index in [1.807, 2.05) is 47.0 Å². The van der Waals surface area contributed by atoms with Gasteiger partial charge in [0.25, 0.3) is 0 Å². The van der Waals surface area contributed by atoms with Crippen LogP contribution in [0.15, 0.2) is 109 Å². The summed E-state index contributed by atoms with van der Waals surface area (Å²) in [6.45, 7) is 4.44. The van der Waals surface area contributed by atoms with Gasteiger partial charge in [0, 0.05) is 24.0 Å². The van der Waals surface area contributed by atoms with Crippen LogP contribution in [0.5, 0.6) is 0 Å². The van der Waals surface area contributed by atoms with E-state index in [1.54, 1.807) is 18.3 Å². The molecule has 0 aliphatic carbocycles. The highest BCUT2D eigenvalue weighted by molar-refractivity contribution is 7.99. The zero-order valence-corrected chi connectivity index (χ0v) is 22.7. The summed E-state index contributed by atoms with van der Waals surface area (Å²) in [6.07, 6.45) is 4.17. The van der Waals surface area contributed by atoms with Gasteiger partial charge >= 0.3 is 0 Å². The standard InChI is InChI=1S/C30H26FN5OS2/c1-2-17-36-28(27(22-9-5-3-6-10-22)23-11-7-4-8-12-23)34-35-30(36)38-20-26(37)33-29-32-19-25(39-29)18-21-13-15-24(31)16-14-21/h2-16,19,27H,1,17-18,20H2,(H,32,33,37). The van der Waals surface area contributed by atoms with Crippen molar-refractivity contribution >= 4 is 34.1 Å². The number of allylic oxidation sites excluding steroid dienone is 1. The molecule has 0 saturated carbocycles. The summed E-state index contributed by atoms with van der Waals surface area (Å²) < 4.78 is 15.2. The van der Waals surface area contributed by atoms with Crippen LogP contribution in [0, 0.1) is 5.82 Å². The molecule has 0 bridgehead atoms. The monoisotopic (exact) mass is 555 g/mol. The Morgan fingerprint density at radius 1 is 1.00 bits per heavy atom. The molecule has 0 saturated heterocycles. The highest BCUT2D eigenvalue weighted by Gasteiger charge is 2.25. The fourth-order valence-corrected chi connectivity index (χ4v) is 5.86. The number of thioether (sulfide) groups is 1. The molecule has 1 amide bonds. The fraction of sp³-hybridized carbons (Fsp3) is 0.133. The van der Waals surface area contributed by atoms with E-state index >= 15 is 0 Å². The molecule has 2 aromatic heterocycles. The topological polar surface area (TPSA) is 72.7 Å². The highest BCUT2D eigenvalue weighted by Crippen LogP contribution is 2.33. The first-order valence-corrected chi connectivity index (χ1v) is 14.2. The predicted octanol–water partition coefficient (Wildman–Crippen LogP) is 6.56. The molecule has 6 nitrogen and oxygen atoms in total. The number of amides is 1. The first-order chi connectivity index (χ1) is 19.1. The van der Waals surface area contributed by atoms with Gasteiger partial charge in [-0.15, -0.1) is 28.1 Å². The highest BCUT2D eigenvalue weighted by atomic mass is 32.2. The van der Waals surface area contributed by atoms with E-state index < -0.39 is 0 Å². The van der Waals surface area contributed by atoms with Crippen LogP contribution in [-0.4, -0.2) is 31.4 Å². The molecule has 1 N–H and O–H groups in total. The number of benzene rings is 3. The Labute approximate surface area is 234 Å². The number of halogens is 1. The Balaban J connectivity index is 1.29. The van der Waals surface area contributed by atoms with E-state index in [1.165, 1.54) is 35.2 Å². The van der Waals surface area contributed by atoms with Crippen molar-refractivity contribution in [3.8, 4) is 0 Å². The molecular formula is C30H26FN5OS2. The quantitative estimate of drug-likeness (QED) is 0.148. The van der Waals surface area contributed by atoms with Crippen LogP contribution in [0.4, 0.5) is 9.52 Å². The van der Waals surface area contributed by atoms with Gasteiger partial charge in [0.1, 0.15) is 11.6 Å². The number of aromatic nitrogens is 4. The van der Waals surface area contributed by atoms with Crippen LogP contribution in [0.1, 0.15) is 33.3 Å². The minimum Gasteiger partial charge on any atom is -0.301 e. The largest absolute Gasteiger partial charge is 0.301 e. The van der Waals surface area contributed by atoms with Crippen molar-refractivity contribution in [2.24, 2.45) is 0 Å². The van der Waals surface area contributed by atoms with E-state index in [9.17, 15) is 9.18 Å². The number of carbonyl (C=O) groups excluding carboxylic acids is 1. The number of anilines is 1. The Morgan fingerprint density at radius 3 is 2.31 bits per heavy atom. The second-order valence-electron chi connectivity index (χ2n) is 8.77. The fourth-order valence-electron chi connectivity index (χ4n) is 4.24. The van der Waals surface area contributed by atoms with E-state index in [0.29, 0.717) is 23.3 Å². The van der Waals surface area contributed by atoms with Gasteiger partial charge < -0.3 is 9.88 Å². The molecule has 39 heavy (non-hydrogen) atoms. The summed E-state index contributed by atoms with van der Waals surface area (Å²) in [7, 11) is 0. The lowest BCUT2D eigenvalue weighted by Crippen LogP contribution is -2.15. The summed E-state index contributed by atoms with van der Waals surface area (Å²) in [5.41, 5.74) is 3.20. The van der Waals surface area contributed by atoms with Crippen molar-refractivity contribution < 1.29 is 9.18 Å². The van der Waals surface area contributed by atoms with Crippen LogP contribution < -0.4 is 5.32 Å². The smallest absolute Gasteiger partial charge is 0.236 e. The number of rotatable bonds is 11. The van der Waals surface area contributed by atoms with Gasteiger partial charge in [-0.3, -0.25) is 4.79 Å². The molecule has 3 aromatic carbocycles. The third-order valence-electron chi connectivity index (χ3n) is 6.01. The minimum atomic E-state index is -0.264. The van der Waals surface area contributed by atoms with Crippen molar-refractivity contribution in [3.05, 3.63) is 137 Å². The molecule has 0 fully saturated rings. The third kappa shape index (κ3) is 6.68. The lowest BCUT2D eigenvalue weighted by molar-refractivity contribution is -0.113. The van der Waals surface area contributed by atoms with Gasteiger partial charge in [-0.1, -0.05) is 90.6 Å². The van der Waals surface area contributed by atoms with Crippen LogP contribution in [0.2, 0.25) is 0 Å². The van der Waals surface area contributed by atoms with Gasteiger partial charge in [0.2, 0.25) is 5.91 Å². The van der Waals surface area contributed by atoms with Gasteiger partial charge in [-0.2, -0.15) is 0 Å². The molecule has 2 heterocycles. The lowest BCUT2D eigenvalue weighted by Gasteiger charge is -2.19. The number of nitrogens with one attached hydrogen (secondary N) is 1. The van der Waals surface area contributed by atoms with Crippen molar-refractivity contribution in [1.29, 1.82) is 0 Å². The van der Waals surface area contributed by atoms with Gasteiger partial charge in [0.15, 0.2) is 10.3 Å². The van der Waals surface area contributed by atoms with Crippen molar-refractivity contribution in [1.82, 2.24) is 19.7 Å². The SMILES string of the molecule is C=CCn1c(SCC(=O)Nc2ncc(Cc3ccc(F)cc3)s2)nnc1C(c1ccccc1)c1ccccc1. The maximum atomic E-state index is 13.2. The Hall–Kier alpha value is -4.08. The second kappa shape index (κ2) is 12.6. The molecule has 0 unspecified atom stereocenters. The van der Waals surface area contributed by atoms with E-state index in [4.69, 9.17) is 0 Å². The number of hydrogen-bond donors (Lipinski definition) is 1. The van der Waals surface area contributed by atoms with Crippen LogP contribution in [-0.2, 0) is 17.8 Å². The van der Waals surface area contributed by atoms with E-state index in [2.05, 4.69) is 51.3 Å². The Kier molecular flexibility index (Phi) is 8.60. The van der Waals surface area contributed by atoms with Gasteiger partial charge in [0.05, 0.1) is 11.7 Å². The maximum Gasteiger partial charge on any atom is 0.236 e. The molecule has 0 atom stereocenters. The molecule has 9 heteroatoms. The summed E-state index contributed by atoms with van der Waals surface area (Å²) in [5, 5.41) is 13.1. The van der Waals surface area contributed by atoms with Crippen LogP contribution in [0.3, 0.4) is 0 Å². The number of hydrogen-bond acceptors (Lipinski definition) is 6. The average Bonchev–Trinajstić information content (AvgIpc) is 3.57. The number of nitrogens with zero attached hydrogens (tertiary/aromatic N) is 4. The molecule has 0 aliphatic rings. The van der Waals surface area contributed by atoms with Crippen molar-refractivity contribution in [3.63, 3.8) is 0 Å². The van der Waals surface area contributed by atoms with Crippen molar-refractivity contribution in [2.45, 2.75) is 24.0 Å². The molecule has 0 aliphatic heterocycles. The minimum absolute atomic E-state index is 0.113. The molecule has 5 rings (SSSR count). The van der Waals surface area contributed by atoms with E-state index in [-0.39, 0.29) is 23.4 Å². The summed E-state index contributed by atoms with van der Waals surface area (Å²) in [6, 6.07) is 26.8. The Bertz CT molecular complexity index is 1500. The number of carbonyl (C=O) groups is 1. The van der Waals surface area contributed by atoms with Gasteiger partial charge in [-0.25, -0.2) is 9.37 Å². The average molecular weight is 556 g/mol. The molecule has 196 valence electrons. The van der Waals surface area contributed by atoms with E-state index in [0.717, 1.165) is 27.4 Å². The summed E-state index contributed by atoms with van der Waals surface area (Å²) in [4.78, 5) is 18.1. The number of thiazole rings is 1. The van der Waals surface area contributed by atoms with Crippen LogP contribution >= 0.6 is 23.1 Å². The normalized spacial score (nSPS) is 11.0. The zero-order valence-electron chi connectivity index (χ0n) is 21.0. The first-order valence-electron chi connectivity index (χ1n) is 12.4. The first kappa shape index (κ1) is 26.5. The lowest BCUT2D eigenvalue weighted by atomic mass is 9.90. The van der Waals surface area contributed by atoms with Crippen molar-refractivity contribution in [2.75, 3.05) is 11.1 Å². The molecule has 0 spiro atoms. The third-order valence-corrected chi connectivity index (χ3v) is 7.88. The maximum absolute atomic E-state index is 13.2. The van der Waals surface area contributed by atoms with Crippen LogP contribution in [0.25, 0.3) is 0 Å². The van der Waals surface area contributed by atoms with Gasteiger partial charge in [-0.05, 0) is 28.8 Å². The Morgan fingerprint density at radius 2 is 1.67 bits per heavy atom.